The van der Waals surface area contributed by atoms with Crippen molar-refractivity contribution in [2.24, 2.45) is 0 Å². The third kappa shape index (κ3) is 3.47. The number of aliphatic hydroxyl groups is 1. The highest BCUT2D eigenvalue weighted by molar-refractivity contribution is 5.67. The smallest absolute Gasteiger partial charge is 0.407 e. The Morgan fingerprint density at radius 1 is 1.47 bits per heavy atom. The summed E-state index contributed by atoms with van der Waals surface area (Å²) < 4.78 is 5.17. The Hall–Kier alpha value is -1.55. The van der Waals surface area contributed by atoms with Crippen LogP contribution < -0.4 is 5.32 Å². The Bertz CT molecular complexity index is 421. The van der Waals surface area contributed by atoms with Crippen molar-refractivity contribution in [2.45, 2.75) is 50.9 Å². The van der Waals surface area contributed by atoms with Gasteiger partial charge in [0.2, 0.25) is 0 Å². The number of ether oxygens (including phenoxy) is 1. The number of rotatable bonds is 4. The summed E-state index contributed by atoms with van der Waals surface area (Å²) in [7, 11) is 0. The molecule has 0 spiro atoms. The Labute approximate surface area is 113 Å². The second-order valence-corrected chi connectivity index (χ2v) is 5.11. The van der Waals surface area contributed by atoms with E-state index in [-0.39, 0.29) is 12.6 Å². The molecule has 2 atom stereocenters. The van der Waals surface area contributed by atoms with Gasteiger partial charge in [-0.15, -0.1) is 0 Å². The molecule has 1 aliphatic carbocycles. The van der Waals surface area contributed by atoms with Gasteiger partial charge in [-0.2, -0.15) is 0 Å². The van der Waals surface area contributed by atoms with Crippen LogP contribution in [0.25, 0.3) is 0 Å². The Morgan fingerprint density at radius 2 is 2.21 bits per heavy atom. The summed E-state index contributed by atoms with van der Waals surface area (Å²) in [4.78, 5) is 11.7. The molecule has 0 saturated heterocycles. The molecule has 1 aliphatic rings. The number of amides is 1. The molecule has 1 saturated carbocycles. The normalized spacial score (nSPS) is 26.1. The van der Waals surface area contributed by atoms with Crippen LogP contribution in [-0.2, 0) is 11.3 Å². The first-order valence-electron chi connectivity index (χ1n) is 6.83. The predicted molar refractivity (Wildman–Crippen MR) is 72.6 cm³/mol. The zero-order chi connectivity index (χ0) is 13.7. The van der Waals surface area contributed by atoms with Crippen molar-refractivity contribution in [3.8, 4) is 0 Å². The fourth-order valence-electron chi connectivity index (χ4n) is 2.59. The molecule has 2 N–H and O–H groups in total. The Kier molecular flexibility index (Phi) is 4.43. The number of alkyl carbamates (subject to hydrolysis) is 1. The van der Waals surface area contributed by atoms with Crippen LogP contribution in [0.3, 0.4) is 0 Å². The lowest BCUT2D eigenvalue weighted by Gasteiger charge is -2.29. The number of hydrogen-bond acceptors (Lipinski definition) is 3. The lowest BCUT2D eigenvalue weighted by molar-refractivity contribution is 0.0149. The fourth-order valence-corrected chi connectivity index (χ4v) is 2.59. The van der Waals surface area contributed by atoms with Gasteiger partial charge in [-0.1, -0.05) is 37.3 Å². The highest BCUT2D eigenvalue weighted by Crippen LogP contribution is 2.32. The standard InChI is InChI=1S/C15H21NO3/c1-2-15(18)10-6-9-13(15)16-14(17)19-11-12-7-4-3-5-8-12/h3-5,7-8,13,18H,2,6,9-11H2,1H3,(H,16,17)/t13-,15-/m1/s1. The zero-order valence-electron chi connectivity index (χ0n) is 11.3. The van der Waals surface area contributed by atoms with Gasteiger partial charge in [-0.05, 0) is 31.2 Å². The van der Waals surface area contributed by atoms with Gasteiger partial charge in [-0.3, -0.25) is 0 Å². The van der Waals surface area contributed by atoms with Crippen LogP contribution in [0.5, 0.6) is 0 Å². The van der Waals surface area contributed by atoms with Gasteiger partial charge in [0.1, 0.15) is 6.61 Å². The lowest BCUT2D eigenvalue weighted by atomic mass is 9.95. The van der Waals surface area contributed by atoms with Crippen molar-refractivity contribution in [2.75, 3.05) is 0 Å². The largest absolute Gasteiger partial charge is 0.445 e. The molecule has 1 aromatic carbocycles. The molecule has 4 heteroatoms. The highest BCUT2D eigenvalue weighted by Gasteiger charge is 2.40. The van der Waals surface area contributed by atoms with E-state index in [2.05, 4.69) is 5.32 Å². The molecular weight excluding hydrogens is 242 g/mol. The van der Waals surface area contributed by atoms with E-state index in [0.29, 0.717) is 6.42 Å². The first-order chi connectivity index (χ1) is 9.14. The minimum atomic E-state index is -0.772. The van der Waals surface area contributed by atoms with Crippen LogP contribution in [-0.4, -0.2) is 22.8 Å². The van der Waals surface area contributed by atoms with Gasteiger partial charge in [0.15, 0.2) is 0 Å². The van der Waals surface area contributed by atoms with Gasteiger partial charge >= 0.3 is 6.09 Å². The molecule has 1 fully saturated rings. The van der Waals surface area contributed by atoms with Gasteiger partial charge in [0, 0.05) is 0 Å². The maximum Gasteiger partial charge on any atom is 0.407 e. The molecule has 0 aliphatic heterocycles. The van der Waals surface area contributed by atoms with Crippen LogP contribution in [0.1, 0.15) is 38.2 Å². The second kappa shape index (κ2) is 6.06. The molecule has 2 rings (SSSR count). The third-order valence-corrected chi connectivity index (χ3v) is 3.87. The maximum absolute atomic E-state index is 11.7. The number of hydrogen-bond donors (Lipinski definition) is 2. The van der Waals surface area contributed by atoms with Gasteiger partial charge in [0.05, 0.1) is 11.6 Å². The average molecular weight is 263 g/mol. The van der Waals surface area contributed by atoms with Crippen molar-refractivity contribution in [1.82, 2.24) is 5.32 Å². The molecule has 0 bridgehead atoms. The summed E-state index contributed by atoms with van der Waals surface area (Å²) in [6.07, 6.45) is 2.69. The van der Waals surface area contributed by atoms with Gasteiger partial charge < -0.3 is 15.2 Å². The summed E-state index contributed by atoms with van der Waals surface area (Å²) in [6, 6.07) is 9.35. The van der Waals surface area contributed by atoms with E-state index in [4.69, 9.17) is 4.74 Å². The number of carbonyl (C=O) groups excluding carboxylic acids is 1. The van der Waals surface area contributed by atoms with E-state index in [9.17, 15) is 9.90 Å². The molecule has 104 valence electrons. The quantitative estimate of drug-likeness (QED) is 0.878. The van der Waals surface area contributed by atoms with E-state index in [0.717, 1.165) is 24.8 Å². The summed E-state index contributed by atoms with van der Waals surface area (Å²) in [5, 5.41) is 13.1. The van der Waals surface area contributed by atoms with E-state index < -0.39 is 11.7 Å². The lowest BCUT2D eigenvalue weighted by Crippen LogP contribution is -2.48. The molecule has 1 amide bonds. The summed E-state index contributed by atoms with van der Waals surface area (Å²) in [6.45, 7) is 2.19. The van der Waals surface area contributed by atoms with Gasteiger partial charge in [-0.25, -0.2) is 4.79 Å². The number of benzene rings is 1. The van der Waals surface area contributed by atoms with Crippen LogP contribution >= 0.6 is 0 Å². The molecule has 4 nitrogen and oxygen atoms in total. The summed E-state index contributed by atoms with van der Waals surface area (Å²) in [5.41, 5.74) is 0.181. The van der Waals surface area contributed by atoms with Crippen molar-refractivity contribution in [1.29, 1.82) is 0 Å². The summed E-state index contributed by atoms with van der Waals surface area (Å²) >= 11 is 0. The minimum absolute atomic E-state index is 0.194. The first-order valence-corrected chi connectivity index (χ1v) is 6.83. The van der Waals surface area contributed by atoms with Crippen molar-refractivity contribution >= 4 is 6.09 Å². The highest BCUT2D eigenvalue weighted by atomic mass is 16.5. The second-order valence-electron chi connectivity index (χ2n) is 5.11. The van der Waals surface area contributed by atoms with Crippen LogP contribution in [0, 0.1) is 0 Å². The topological polar surface area (TPSA) is 58.6 Å². The van der Waals surface area contributed by atoms with Crippen LogP contribution in [0.4, 0.5) is 4.79 Å². The Morgan fingerprint density at radius 3 is 2.89 bits per heavy atom. The summed E-state index contributed by atoms with van der Waals surface area (Å²) in [5.74, 6) is 0. The van der Waals surface area contributed by atoms with Crippen molar-refractivity contribution in [3.05, 3.63) is 35.9 Å². The van der Waals surface area contributed by atoms with E-state index >= 15 is 0 Å². The predicted octanol–water partition coefficient (Wildman–Crippen LogP) is 2.61. The monoisotopic (exact) mass is 263 g/mol. The molecule has 0 radical (unpaired) electrons. The molecule has 0 unspecified atom stereocenters. The van der Waals surface area contributed by atoms with E-state index in [1.807, 2.05) is 37.3 Å². The maximum atomic E-state index is 11.7. The fraction of sp³-hybridized carbons (Fsp3) is 0.533. The SMILES string of the molecule is CC[C@@]1(O)CCC[C@H]1NC(=O)OCc1ccccc1. The van der Waals surface area contributed by atoms with E-state index in [1.165, 1.54) is 0 Å². The molecule has 0 heterocycles. The number of carbonyl (C=O) groups is 1. The van der Waals surface area contributed by atoms with Crippen LogP contribution in [0.2, 0.25) is 0 Å². The van der Waals surface area contributed by atoms with Crippen molar-refractivity contribution < 1.29 is 14.6 Å². The van der Waals surface area contributed by atoms with Crippen molar-refractivity contribution in [3.63, 3.8) is 0 Å². The first kappa shape index (κ1) is 13.9. The van der Waals surface area contributed by atoms with Crippen LogP contribution in [0.15, 0.2) is 30.3 Å². The average Bonchev–Trinajstić information content (AvgIpc) is 2.80. The number of nitrogens with one attached hydrogen (secondary N) is 1. The third-order valence-electron chi connectivity index (χ3n) is 3.87. The molecule has 1 aromatic rings. The molecule has 0 aromatic heterocycles. The van der Waals surface area contributed by atoms with Gasteiger partial charge in [0.25, 0.3) is 0 Å². The Balaban J connectivity index is 1.81. The molecule has 19 heavy (non-hydrogen) atoms. The zero-order valence-corrected chi connectivity index (χ0v) is 11.3. The minimum Gasteiger partial charge on any atom is -0.445 e. The van der Waals surface area contributed by atoms with E-state index in [1.54, 1.807) is 0 Å². The molecular formula is C15H21NO3.